The van der Waals surface area contributed by atoms with Crippen LogP contribution in [0.1, 0.15) is 12.2 Å². The van der Waals surface area contributed by atoms with Gasteiger partial charge in [0.25, 0.3) is 0 Å². The van der Waals surface area contributed by atoms with Crippen molar-refractivity contribution in [2.24, 2.45) is 0 Å². The Labute approximate surface area is 183 Å². The summed E-state index contributed by atoms with van der Waals surface area (Å²) in [5.74, 6) is 0.741. The van der Waals surface area contributed by atoms with E-state index in [-0.39, 0.29) is 24.8 Å². The van der Waals surface area contributed by atoms with Crippen LogP contribution < -0.4 is 10.6 Å². The molecule has 0 aliphatic carbocycles. The zero-order chi connectivity index (χ0) is 21.6. The summed E-state index contributed by atoms with van der Waals surface area (Å²) in [5.41, 5.74) is 2.99. The highest BCUT2D eigenvalue weighted by atomic mass is 35.5. The normalized spacial score (nSPS) is 11.1. The van der Waals surface area contributed by atoms with Crippen LogP contribution in [0.25, 0.3) is 28.5 Å². The highest BCUT2D eigenvalue weighted by Crippen LogP contribution is 2.28. The van der Waals surface area contributed by atoms with Crippen LogP contribution in [0, 0.1) is 0 Å². The summed E-state index contributed by atoms with van der Waals surface area (Å²) >= 11 is 6.25. The monoisotopic (exact) mass is 434 g/mol. The summed E-state index contributed by atoms with van der Waals surface area (Å²) in [7, 11) is 0. The van der Waals surface area contributed by atoms with Gasteiger partial charge in [0.15, 0.2) is 0 Å². The van der Waals surface area contributed by atoms with Crippen molar-refractivity contribution in [3.05, 3.63) is 77.7 Å². The Morgan fingerprint density at radius 1 is 1.13 bits per heavy atom. The maximum Gasteiger partial charge on any atom is 0.244 e. The Kier molecular flexibility index (Phi) is 6.14. The van der Waals surface area contributed by atoms with Crippen molar-refractivity contribution in [2.75, 3.05) is 11.9 Å². The van der Waals surface area contributed by atoms with Gasteiger partial charge in [0.05, 0.1) is 22.3 Å². The van der Waals surface area contributed by atoms with Crippen molar-refractivity contribution in [1.29, 1.82) is 0 Å². The molecule has 3 N–H and O–H groups in total. The Hall–Kier alpha value is -3.84. The molecule has 156 valence electrons. The van der Waals surface area contributed by atoms with Gasteiger partial charge in [-0.05, 0) is 48.5 Å². The molecule has 2 aromatic heterocycles. The van der Waals surface area contributed by atoms with E-state index in [2.05, 4.69) is 20.6 Å². The molecule has 0 unspecified atom stereocenters. The van der Waals surface area contributed by atoms with Gasteiger partial charge < -0.3 is 20.0 Å². The van der Waals surface area contributed by atoms with E-state index in [9.17, 15) is 9.59 Å². The summed E-state index contributed by atoms with van der Waals surface area (Å²) in [6, 6.07) is 16.3. The number of carbonyl (C=O) groups is 2. The molecular formula is C23H19ClN4O3. The van der Waals surface area contributed by atoms with E-state index >= 15 is 0 Å². The van der Waals surface area contributed by atoms with Gasteiger partial charge in [0.1, 0.15) is 11.6 Å². The maximum atomic E-state index is 12.2. The SMILES string of the molecule is O=C(/C=C/c1ccco1)NCCC(=O)Nc1ccc2nc(-c3ccccc3Cl)[nH]c2c1. The molecule has 0 fully saturated rings. The zero-order valence-electron chi connectivity index (χ0n) is 16.4. The Bertz CT molecular complexity index is 1240. The fourth-order valence-electron chi connectivity index (χ4n) is 2.99. The van der Waals surface area contributed by atoms with E-state index in [1.807, 2.05) is 30.3 Å². The standard InChI is InChI=1S/C23H19ClN4O3/c24-18-6-2-1-5-17(18)23-27-19-9-7-15(14-20(19)28-23)26-22(30)11-12-25-21(29)10-8-16-4-3-13-31-16/h1-10,13-14H,11-12H2,(H,25,29)(H,26,30)(H,27,28)/b10-8+. The van der Waals surface area contributed by atoms with Gasteiger partial charge in [-0.2, -0.15) is 0 Å². The predicted octanol–water partition coefficient (Wildman–Crippen LogP) is 4.63. The number of aromatic nitrogens is 2. The lowest BCUT2D eigenvalue weighted by Crippen LogP contribution is -2.26. The molecule has 2 aromatic carbocycles. The summed E-state index contributed by atoms with van der Waals surface area (Å²) in [6.07, 6.45) is 4.59. The molecule has 31 heavy (non-hydrogen) atoms. The average Bonchev–Trinajstić information content (AvgIpc) is 3.42. The summed E-state index contributed by atoms with van der Waals surface area (Å²) in [6.45, 7) is 0.218. The molecule has 0 bridgehead atoms. The number of hydrogen-bond acceptors (Lipinski definition) is 4. The first kappa shape index (κ1) is 20.4. The fourth-order valence-corrected chi connectivity index (χ4v) is 3.22. The summed E-state index contributed by atoms with van der Waals surface area (Å²) in [4.78, 5) is 31.8. The number of carbonyl (C=O) groups excluding carboxylic acids is 2. The van der Waals surface area contributed by atoms with E-state index in [0.717, 1.165) is 16.6 Å². The Morgan fingerprint density at radius 3 is 2.81 bits per heavy atom. The maximum absolute atomic E-state index is 12.2. The molecule has 0 aliphatic rings. The van der Waals surface area contributed by atoms with Crippen molar-refractivity contribution in [3.8, 4) is 11.4 Å². The molecular weight excluding hydrogens is 416 g/mol. The number of amides is 2. The fraction of sp³-hybridized carbons (Fsp3) is 0.0870. The predicted molar refractivity (Wildman–Crippen MR) is 121 cm³/mol. The second-order valence-corrected chi connectivity index (χ2v) is 7.14. The minimum absolute atomic E-state index is 0.145. The molecule has 8 heteroatoms. The number of imidazole rings is 1. The molecule has 0 atom stereocenters. The van der Waals surface area contributed by atoms with Gasteiger partial charge in [0, 0.05) is 30.3 Å². The van der Waals surface area contributed by atoms with Gasteiger partial charge in [-0.1, -0.05) is 23.7 Å². The van der Waals surface area contributed by atoms with Gasteiger partial charge in [-0.15, -0.1) is 0 Å². The second-order valence-electron chi connectivity index (χ2n) is 6.74. The van der Waals surface area contributed by atoms with E-state index in [1.165, 1.54) is 12.3 Å². The molecule has 0 saturated carbocycles. The van der Waals surface area contributed by atoms with Crippen LogP contribution in [0.4, 0.5) is 5.69 Å². The molecule has 2 heterocycles. The topological polar surface area (TPSA) is 100 Å². The lowest BCUT2D eigenvalue weighted by atomic mass is 10.2. The second kappa shape index (κ2) is 9.32. The van der Waals surface area contributed by atoms with Gasteiger partial charge >= 0.3 is 0 Å². The first-order valence-electron chi connectivity index (χ1n) is 9.62. The molecule has 0 aliphatic heterocycles. The average molecular weight is 435 g/mol. The smallest absolute Gasteiger partial charge is 0.244 e. The minimum Gasteiger partial charge on any atom is -0.465 e. The molecule has 0 spiro atoms. The largest absolute Gasteiger partial charge is 0.465 e. The Balaban J connectivity index is 1.32. The zero-order valence-corrected chi connectivity index (χ0v) is 17.1. The number of halogens is 1. The van der Waals surface area contributed by atoms with Crippen molar-refractivity contribution >= 4 is 46.2 Å². The minimum atomic E-state index is -0.296. The number of nitrogens with one attached hydrogen (secondary N) is 3. The van der Waals surface area contributed by atoms with Crippen molar-refractivity contribution in [2.45, 2.75) is 6.42 Å². The lowest BCUT2D eigenvalue weighted by molar-refractivity contribution is -0.117. The molecule has 4 rings (SSSR count). The number of furan rings is 1. The quantitative estimate of drug-likeness (QED) is 0.369. The number of rotatable bonds is 7. The van der Waals surface area contributed by atoms with E-state index in [0.29, 0.717) is 22.3 Å². The van der Waals surface area contributed by atoms with Crippen molar-refractivity contribution in [1.82, 2.24) is 15.3 Å². The number of nitrogens with zero attached hydrogens (tertiary/aromatic N) is 1. The first-order valence-corrected chi connectivity index (χ1v) is 10.0. The van der Waals surface area contributed by atoms with Crippen LogP contribution in [-0.2, 0) is 9.59 Å². The van der Waals surface area contributed by atoms with Crippen LogP contribution >= 0.6 is 11.6 Å². The molecule has 0 saturated heterocycles. The van der Waals surface area contributed by atoms with Crippen LogP contribution in [0.15, 0.2) is 71.4 Å². The number of hydrogen-bond donors (Lipinski definition) is 3. The van der Waals surface area contributed by atoms with Crippen molar-refractivity contribution in [3.63, 3.8) is 0 Å². The first-order chi connectivity index (χ1) is 15.1. The summed E-state index contributed by atoms with van der Waals surface area (Å²) < 4.78 is 5.11. The highest BCUT2D eigenvalue weighted by molar-refractivity contribution is 6.33. The van der Waals surface area contributed by atoms with E-state index in [1.54, 1.807) is 30.3 Å². The number of fused-ring (bicyclic) bond motifs is 1. The third-order valence-electron chi connectivity index (χ3n) is 4.49. The summed E-state index contributed by atoms with van der Waals surface area (Å²) in [5, 5.41) is 6.09. The molecule has 7 nitrogen and oxygen atoms in total. The van der Waals surface area contributed by atoms with E-state index < -0.39 is 0 Å². The number of benzene rings is 2. The van der Waals surface area contributed by atoms with Crippen molar-refractivity contribution < 1.29 is 14.0 Å². The van der Waals surface area contributed by atoms with Crippen LogP contribution in [0.3, 0.4) is 0 Å². The lowest BCUT2D eigenvalue weighted by Gasteiger charge is -2.05. The van der Waals surface area contributed by atoms with Crippen LogP contribution in [-0.4, -0.2) is 28.3 Å². The molecule has 4 aromatic rings. The number of H-pyrrole nitrogens is 1. The Morgan fingerprint density at radius 2 is 2.00 bits per heavy atom. The van der Waals surface area contributed by atoms with Crippen LogP contribution in [0.5, 0.6) is 0 Å². The van der Waals surface area contributed by atoms with Crippen LogP contribution in [0.2, 0.25) is 5.02 Å². The highest BCUT2D eigenvalue weighted by Gasteiger charge is 2.10. The van der Waals surface area contributed by atoms with E-state index in [4.69, 9.17) is 16.0 Å². The molecule has 0 radical (unpaired) electrons. The van der Waals surface area contributed by atoms with Gasteiger partial charge in [-0.3, -0.25) is 9.59 Å². The third kappa shape index (κ3) is 5.21. The van der Waals surface area contributed by atoms with Gasteiger partial charge in [0.2, 0.25) is 11.8 Å². The number of aromatic amines is 1. The molecule has 2 amide bonds. The third-order valence-corrected chi connectivity index (χ3v) is 4.82. The van der Waals surface area contributed by atoms with Gasteiger partial charge in [-0.25, -0.2) is 4.98 Å². The number of anilines is 1.